The molecule has 2 heterocycles. The Bertz CT molecular complexity index is 771. The van der Waals surface area contributed by atoms with Crippen LogP contribution in [0.3, 0.4) is 0 Å². The fraction of sp³-hybridized carbons (Fsp3) is 0.571. The molecule has 1 aliphatic rings. The lowest BCUT2D eigenvalue weighted by atomic mass is 10.2. The smallest absolute Gasteiger partial charge is 0.255 e. The van der Waals surface area contributed by atoms with Crippen LogP contribution in [0.15, 0.2) is 28.8 Å². The van der Waals surface area contributed by atoms with E-state index in [1.165, 1.54) is 0 Å². The molecule has 0 radical (unpaired) electrons. The second-order valence-electron chi connectivity index (χ2n) is 7.25. The van der Waals surface area contributed by atoms with Crippen molar-refractivity contribution in [2.45, 2.75) is 33.3 Å². The minimum absolute atomic E-state index is 0.124. The number of likely N-dealkylation sites (N-methyl/N-ethyl adjacent to an activating group) is 1. The number of para-hydroxylation sites is 1. The molecule has 1 fully saturated rings. The van der Waals surface area contributed by atoms with Crippen LogP contribution in [-0.2, 0) is 6.61 Å². The van der Waals surface area contributed by atoms with Crippen LogP contribution in [0.5, 0.6) is 5.75 Å². The first-order valence-corrected chi connectivity index (χ1v) is 10.4. The summed E-state index contributed by atoms with van der Waals surface area (Å²) in [5.41, 5.74) is 0.517. The Balaban J connectivity index is 1.38. The molecule has 0 unspecified atom stereocenters. The molecule has 3 rings (SSSR count). The molecule has 0 saturated carbocycles. The van der Waals surface area contributed by atoms with Crippen molar-refractivity contribution < 1.29 is 14.1 Å². The highest BCUT2D eigenvalue weighted by Gasteiger charge is 2.15. The third-order valence-electron chi connectivity index (χ3n) is 5.16. The van der Waals surface area contributed by atoms with Gasteiger partial charge in [-0.1, -0.05) is 24.2 Å². The number of nitrogens with one attached hydrogen (secondary N) is 1. The number of benzene rings is 1. The summed E-state index contributed by atoms with van der Waals surface area (Å²) in [5, 5.41) is 6.80. The fourth-order valence-electron chi connectivity index (χ4n) is 3.41. The molecule has 158 valence electrons. The van der Waals surface area contributed by atoms with E-state index >= 15 is 0 Å². The maximum atomic E-state index is 12.6. The molecule has 2 aromatic rings. The Labute approximate surface area is 172 Å². The molecule has 1 amide bonds. The monoisotopic (exact) mass is 401 g/mol. The number of hydrogen-bond donors (Lipinski definition) is 1. The van der Waals surface area contributed by atoms with Gasteiger partial charge in [-0.15, -0.1) is 0 Å². The van der Waals surface area contributed by atoms with Gasteiger partial charge in [0.05, 0.1) is 5.56 Å². The van der Waals surface area contributed by atoms with Crippen LogP contribution >= 0.6 is 0 Å². The number of aryl methyl sites for hydroxylation is 1. The Hall–Kier alpha value is -2.45. The summed E-state index contributed by atoms with van der Waals surface area (Å²) in [6, 6.07) is 7.21. The Kier molecular flexibility index (Phi) is 8.01. The normalized spacial score (nSPS) is 15.4. The molecular formula is C21H31N5O3. The van der Waals surface area contributed by atoms with Crippen molar-refractivity contribution in [2.75, 3.05) is 45.8 Å². The zero-order valence-electron chi connectivity index (χ0n) is 17.4. The van der Waals surface area contributed by atoms with E-state index in [1.54, 1.807) is 19.1 Å². The van der Waals surface area contributed by atoms with Gasteiger partial charge in [0.2, 0.25) is 11.7 Å². The van der Waals surface area contributed by atoms with Crippen molar-refractivity contribution in [3.05, 3.63) is 41.5 Å². The molecule has 0 aliphatic carbocycles. The van der Waals surface area contributed by atoms with Crippen molar-refractivity contribution >= 4 is 5.91 Å². The molecule has 1 N–H and O–H groups in total. The van der Waals surface area contributed by atoms with Crippen LogP contribution in [0.1, 0.15) is 41.8 Å². The van der Waals surface area contributed by atoms with Crippen LogP contribution in [0.25, 0.3) is 0 Å². The highest BCUT2D eigenvalue weighted by Crippen LogP contribution is 2.19. The van der Waals surface area contributed by atoms with Crippen LogP contribution in [0.4, 0.5) is 0 Å². The number of nitrogens with zero attached hydrogens (tertiary/aromatic N) is 4. The van der Waals surface area contributed by atoms with Crippen molar-refractivity contribution in [1.29, 1.82) is 0 Å². The maximum absolute atomic E-state index is 12.6. The summed E-state index contributed by atoms with van der Waals surface area (Å²) in [6.45, 7) is 11.6. The molecule has 0 bridgehead atoms. The van der Waals surface area contributed by atoms with E-state index in [0.717, 1.165) is 52.1 Å². The first kappa shape index (κ1) is 21.3. The zero-order valence-corrected chi connectivity index (χ0v) is 17.4. The number of unbranched alkanes of at least 4 members (excludes halogenated alkanes) is 1. The van der Waals surface area contributed by atoms with Crippen LogP contribution in [0, 0.1) is 6.92 Å². The summed E-state index contributed by atoms with van der Waals surface area (Å²) < 4.78 is 10.7. The number of amides is 1. The van der Waals surface area contributed by atoms with Gasteiger partial charge in [0.15, 0.2) is 6.61 Å². The number of hydrogen-bond acceptors (Lipinski definition) is 7. The number of carbonyl (C=O) groups excluding carboxylic acids is 1. The molecule has 1 aliphatic heterocycles. The second-order valence-corrected chi connectivity index (χ2v) is 7.25. The van der Waals surface area contributed by atoms with Crippen LogP contribution in [-0.4, -0.2) is 71.7 Å². The van der Waals surface area contributed by atoms with Crippen molar-refractivity contribution in [2.24, 2.45) is 0 Å². The van der Waals surface area contributed by atoms with Gasteiger partial charge in [0.1, 0.15) is 5.75 Å². The lowest BCUT2D eigenvalue weighted by Gasteiger charge is -2.33. The van der Waals surface area contributed by atoms with Gasteiger partial charge >= 0.3 is 0 Å². The quantitative estimate of drug-likeness (QED) is 0.611. The van der Waals surface area contributed by atoms with Gasteiger partial charge in [-0.3, -0.25) is 4.79 Å². The molecule has 1 aromatic carbocycles. The maximum Gasteiger partial charge on any atom is 0.255 e. The van der Waals surface area contributed by atoms with E-state index in [-0.39, 0.29) is 12.5 Å². The van der Waals surface area contributed by atoms with E-state index in [4.69, 9.17) is 9.26 Å². The van der Waals surface area contributed by atoms with E-state index < -0.39 is 0 Å². The summed E-state index contributed by atoms with van der Waals surface area (Å²) in [4.78, 5) is 21.7. The van der Waals surface area contributed by atoms with Crippen molar-refractivity contribution in [1.82, 2.24) is 25.3 Å². The number of aromatic nitrogens is 2. The summed E-state index contributed by atoms with van der Waals surface area (Å²) in [5.74, 6) is 1.34. The summed E-state index contributed by atoms with van der Waals surface area (Å²) >= 11 is 0. The minimum Gasteiger partial charge on any atom is -0.485 e. The van der Waals surface area contributed by atoms with Gasteiger partial charge < -0.3 is 24.4 Å². The molecule has 8 nitrogen and oxygen atoms in total. The molecule has 0 atom stereocenters. The SMILES string of the molecule is CCN1CCN(CCCCNC(=O)c2ccccc2OCc2noc(C)n2)CC1. The largest absolute Gasteiger partial charge is 0.485 e. The van der Waals surface area contributed by atoms with Gasteiger partial charge in [-0.25, -0.2) is 0 Å². The predicted molar refractivity (Wildman–Crippen MR) is 110 cm³/mol. The van der Waals surface area contributed by atoms with Crippen molar-refractivity contribution in [3.8, 4) is 5.75 Å². The van der Waals surface area contributed by atoms with Gasteiger partial charge in [-0.05, 0) is 38.1 Å². The standard InChI is InChI=1S/C21H31N5O3/c1-3-25-12-14-26(15-13-25)11-7-6-10-22-21(27)18-8-4-5-9-19(18)28-16-20-23-17(2)29-24-20/h4-5,8-9H,3,6-7,10-16H2,1-2H3,(H,22,27). The van der Waals surface area contributed by atoms with E-state index in [0.29, 0.717) is 29.6 Å². The Morgan fingerprint density at radius 3 is 2.66 bits per heavy atom. The highest BCUT2D eigenvalue weighted by atomic mass is 16.5. The van der Waals surface area contributed by atoms with Crippen LogP contribution < -0.4 is 10.1 Å². The van der Waals surface area contributed by atoms with Crippen LogP contribution in [0.2, 0.25) is 0 Å². The van der Waals surface area contributed by atoms with Crippen molar-refractivity contribution in [3.63, 3.8) is 0 Å². The highest BCUT2D eigenvalue weighted by molar-refractivity contribution is 5.96. The minimum atomic E-state index is -0.124. The number of ether oxygens (including phenoxy) is 1. The third-order valence-corrected chi connectivity index (χ3v) is 5.16. The average molecular weight is 402 g/mol. The fourth-order valence-corrected chi connectivity index (χ4v) is 3.41. The number of rotatable bonds is 10. The van der Waals surface area contributed by atoms with Gasteiger partial charge in [0.25, 0.3) is 5.91 Å². The van der Waals surface area contributed by atoms with Gasteiger partial charge in [0, 0.05) is 39.6 Å². The van der Waals surface area contributed by atoms with E-state index in [9.17, 15) is 4.79 Å². The number of carbonyl (C=O) groups is 1. The first-order chi connectivity index (χ1) is 14.2. The van der Waals surface area contributed by atoms with E-state index in [1.807, 2.05) is 12.1 Å². The Morgan fingerprint density at radius 2 is 1.93 bits per heavy atom. The molecule has 29 heavy (non-hydrogen) atoms. The molecule has 1 saturated heterocycles. The number of piperazine rings is 1. The lowest BCUT2D eigenvalue weighted by molar-refractivity contribution is 0.0947. The zero-order chi connectivity index (χ0) is 20.5. The first-order valence-electron chi connectivity index (χ1n) is 10.4. The molecule has 0 spiro atoms. The Morgan fingerprint density at radius 1 is 1.17 bits per heavy atom. The average Bonchev–Trinajstić information content (AvgIpc) is 3.17. The topological polar surface area (TPSA) is 83.7 Å². The summed E-state index contributed by atoms with van der Waals surface area (Å²) in [6.07, 6.45) is 2.05. The summed E-state index contributed by atoms with van der Waals surface area (Å²) in [7, 11) is 0. The predicted octanol–water partition coefficient (Wildman–Crippen LogP) is 2.10. The lowest BCUT2D eigenvalue weighted by Crippen LogP contribution is -2.46. The van der Waals surface area contributed by atoms with Gasteiger partial charge in [-0.2, -0.15) is 4.98 Å². The van der Waals surface area contributed by atoms with E-state index in [2.05, 4.69) is 32.2 Å². The molecule has 8 heteroatoms. The third kappa shape index (κ3) is 6.54. The second kappa shape index (κ2) is 10.9. The molecule has 1 aromatic heterocycles. The molecular weight excluding hydrogens is 370 g/mol.